The maximum atomic E-state index is 14.3. The quantitative estimate of drug-likeness (QED) is 0.475. The molecule has 0 heterocycles. The minimum atomic E-state index is -4.11. The standard InChI is InChI=1S/C23H23ClF2N2O4S/c1-31-22-8-5-19(14-23(22)32-2)33(29,30)28(10-9-27)21-7-3-17(24)12-16(21)11-15-13-18(25)4-6-20(15)26/h3-8,12-14H,9-11,27H2,1-2H3. The molecule has 0 amide bonds. The van der Waals surface area contributed by atoms with Crippen LogP contribution in [0.3, 0.4) is 0 Å². The molecule has 3 aromatic rings. The van der Waals surface area contributed by atoms with E-state index in [0.717, 1.165) is 22.5 Å². The molecule has 6 nitrogen and oxygen atoms in total. The first-order valence-corrected chi connectivity index (χ1v) is 11.7. The van der Waals surface area contributed by atoms with Crippen molar-refractivity contribution in [1.82, 2.24) is 0 Å². The summed E-state index contributed by atoms with van der Waals surface area (Å²) < 4.78 is 66.8. The highest BCUT2D eigenvalue weighted by Gasteiger charge is 2.28. The lowest BCUT2D eigenvalue weighted by Crippen LogP contribution is -2.36. The van der Waals surface area contributed by atoms with Gasteiger partial charge in [-0.3, -0.25) is 4.31 Å². The van der Waals surface area contributed by atoms with Crippen molar-refractivity contribution in [3.8, 4) is 11.5 Å². The van der Waals surface area contributed by atoms with E-state index in [1.807, 2.05) is 0 Å². The highest BCUT2D eigenvalue weighted by Crippen LogP contribution is 2.34. The van der Waals surface area contributed by atoms with Crippen LogP contribution in [0.15, 0.2) is 59.5 Å². The van der Waals surface area contributed by atoms with Crippen molar-refractivity contribution >= 4 is 27.3 Å². The van der Waals surface area contributed by atoms with E-state index in [4.69, 9.17) is 26.8 Å². The third kappa shape index (κ3) is 5.38. The Labute approximate surface area is 196 Å². The molecule has 0 aliphatic rings. The van der Waals surface area contributed by atoms with Gasteiger partial charge in [-0.15, -0.1) is 0 Å². The summed E-state index contributed by atoms with van der Waals surface area (Å²) in [6.45, 7) is -0.0418. The van der Waals surface area contributed by atoms with Gasteiger partial charge in [-0.25, -0.2) is 17.2 Å². The van der Waals surface area contributed by atoms with Crippen molar-refractivity contribution in [3.05, 3.63) is 82.4 Å². The Morgan fingerprint density at radius 3 is 2.33 bits per heavy atom. The van der Waals surface area contributed by atoms with Gasteiger partial charge in [0.15, 0.2) is 11.5 Å². The van der Waals surface area contributed by atoms with Crippen LogP contribution in [0.5, 0.6) is 11.5 Å². The van der Waals surface area contributed by atoms with Crippen LogP contribution in [0.2, 0.25) is 5.02 Å². The van der Waals surface area contributed by atoms with Crippen LogP contribution in [0.25, 0.3) is 0 Å². The fraction of sp³-hybridized carbons (Fsp3) is 0.217. The second-order valence-corrected chi connectivity index (χ2v) is 9.37. The topological polar surface area (TPSA) is 81.9 Å². The first-order valence-electron chi connectivity index (χ1n) is 9.88. The molecule has 0 aromatic heterocycles. The van der Waals surface area contributed by atoms with E-state index in [1.54, 1.807) is 0 Å². The lowest BCUT2D eigenvalue weighted by Gasteiger charge is -2.27. The van der Waals surface area contributed by atoms with Crippen molar-refractivity contribution in [2.75, 3.05) is 31.6 Å². The molecule has 33 heavy (non-hydrogen) atoms. The predicted octanol–water partition coefficient (Wildman–Crippen LogP) is 4.38. The first-order chi connectivity index (χ1) is 15.7. The Hall–Kier alpha value is -2.88. The predicted molar refractivity (Wildman–Crippen MR) is 124 cm³/mol. The summed E-state index contributed by atoms with van der Waals surface area (Å²) in [4.78, 5) is -0.0496. The lowest BCUT2D eigenvalue weighted by atomic mass is 10.0. The smallest absolute Gasteiger partial charge is 0.264 e. The maximum Gasteiger partial charge on any atom is 0.264 e. The van der Waals surface area contributed by atoms with E-state index in [0.29, 0.717) is 16.3 Å². The summed E-state index contributed by atoms with van der Waals surface area (Å²) in [5.41, 5.74) is 6.44. The minimum Gasteiger partial charge on any atom is -0.493 e. The molecule has 3 rings (SSSR count). The monoisotopic (exact) mass is 496 g/mol. The van der Waals surface area contributed by atoms with E-state index in [9.17, 15) is 17.2 Å². The molecule has 0 spiro atoms. The number of hydrogen-bond acceptors (Lipinski definition) is 5. The molecule has 0 atom stereocenters. The molecule has 0 aliphatic carbocycles. The number of hydrogen-bond donors (Lipinski definition) is 1. The molecule has 3 aromatic carbocycles. The minimum absolute atomic E-state index is 0.0168. The van der Waals surface area contributed by atoms with Crippen molar-refractivity contribution < 1.29 is 26.7 Å². The number of methoxy groups -OCH3 is 2. The van der Waals surface area contributed by atoms with Crippen LogP contribution >= 0.6 is 11.6 Å². The van der Waals surface area contributed by atoms with Crippen LogP contribution in [0.4, 0.5) is 14.5 Å². The average molecular weight is 497 g/mol. The van der Waals surface area contributed by atoms with E-state index >= 15 is 0 Å². The normalized spacial score (nSPS) is 11.3. The molecule has 176 valence electrons. The van der Waals surface area contributed by atoms with E-state index in [1.165, 1.54) is 50.6 Å². The Morgan fingerprint density at radius 1 is 0.939 bits per heavy atom. The molecule has 0 saturated heterocycles. The van der Waals surface area contributed by atoms with Gasteiger partial charge in [0.05, 0.1) is 24.8 Å². The van der Waals surface area contributed by atoms with Gasteiger partial charge in [-0.1, -0.05) is 11.6 Å². The number of sulfonamides is 1. The van der Waals surface area contributed by atoms with Gasteiger partial charge in [-0.05, 0) is 59.7 Å². The molecule has 2 N–H and O–H groups in total. The fourth-order valence-corrected chi connectivity index (χ4v) is 5.14. The largest absolute Gasteiger partial charge is 0.493 e. The summed E-state index contributed by atoms with van der Waals surface area (Å²) >= 11 is 6.15. The Bertz CT molecular complexity index is 1260. The molecule has 0 aliphatic heterocycles. The lowest BCUT2D eigenvalue weighted by molar-refractivity contribution is 0.354. The van der Waals surface area contributed by atoms with E-state index < -0.39 is 21.7 Å². The molecule has 0 unspecified atom stereocenters. The van der Waals surface area contributed by atoms with Crippen molar-refractivity contribution in [1.29, 1.82) is 0 Å². The average Bonchev–Trinajstić information content (AvgIpc) is 2.79. The number of halogens is 3. The molecule has 0 bridgehead atoms. The summed E-state index contributed by atoms with van der Waals surface area (Å²) in [5.74, 6) is -0.609. The molecule has 0 radical (unpaired) electrons. The zero-order valence-corrected chi connectivity index (χ0v) is 19.6. The van der Waals surface area contributed by atoms with Crippen molar-refractivity contribution in [2.24, 2.45) is 5.73 Å². The fourth-order valence-electron chi connectivity index (χ4n) is 3.41. The molecular formula is C23H23ClF2N2O4S. The summed E-state index contributed by atoms with van der Waals surface area (Å²) in [7, 11) is -1.27. The van der Waals surface area contributed by atoms with Gasteiger partial charge in [0.25, 0.3) is 10.0 Å². The highest BCUT2D eigenvalue weighted by atomic mass is 35.5. The van der Waals surface area contributed by atoms with Crippen molar-refractivity contribution in [2.45, 2.75) is 11.3 Å². The Balaban J connectivity index is 2.13. The van der Waals surface area contributed by atoms with Crippen LogP contribution < -0.4 is 19.5 Å². The molecule has 10 heteroatoms. The molecule has 0 fully saturated rings. The Morgan fingerprint density at radius 2 is 1.67 bits per heavy atom. The maximum absolute atomic E-state index is 14.3. The van der Waals surface area contributed by atoms with E-state index in [2.05, 4.69) is 0 Å². The highest BCUT2D eigenvalue weighted by molar-refractivity contribution is 7.92. The van der Waals surface area contributed by atoms with Gasteiger partial charge >= 0.3 is 0 Å². The zero-order valence-electron chi connectivity index (χ0n) is 18.0. The van der Waals surface area contributed by atoms with Gasteiger partial charge in [0, 0.05) is 30.6 Å². The summed E-state index contributed by atoms with van der Waals surface area (Å²) in [6.07, 6.45) is -0.0813. The number of nitrogens with zero attached hydrogens (tertiary/aromatic N) is 1. The third-order valence-corrected chi connectivity index (χ3v) is 7.02. The van der Waals surface area contributed by atoms with Gasteiger partial charge in [0.2, 0.25) is 0 Å². The summed E-state index contributed by atoms with van der Waals surface area (Å²) in [5, 5.41) is 0.321. The van der Waals surface area contributed by atoms with Crippen LogP contribution in [-0.4, -0.2) is 35.7 Å². The summed E-state index contributed by atoms with van der Waals surface area (Å²) in [6, 6.07) is 11.9. The van der Waals surface area contributed by atoms with Crippen LogP contribution in [0, 0.1) is 11.6 Å². The first kappa shape index (κ1) is 24.8. The van der Waals surface area contributed by atoms with E-state index in [-0.39, 0.29) is 41.4 Å². The number of benzene rings is 3. The van der Waals surface area contributed by atoms with Crippen molar-refractivity contribution in [3.63, 3.8) is 0 Å². The second kappa shape index (κ2) is 10.4. The van der Waals surface area contributed by atoms with Gasteiger partial charge in [-0.2, -0.15) is 0 Å². The number of anilines is 1. The third-order valence-electron chi connectivity index (χ3n) is 4.97. The molecular weight excluding hydrogens is 474 g/mol. The van der Waals surface area contributed by atoms with Crippen LogP contribution in [-0.2, 0) is 16.4 Å². The molecule has 0 saturated carbocycles. The number of ether oxygens (including phenoxy) is 2. The zero-order chi connectivity index (χ0) is 24.2. The van der Waals surface area contributed by atoms with Gasteiger partial charge in [0.1, 0.15) is 11.6 Å². The van der Waals surface area contributed by atoms with Gasteiger partial charge < -0.3 is 15.2 Å². The second-order valence-electron chi connectivity index (χ2n) is 7.07. The van der Waals surface area contributed by atoms with Crippen LogP contribution in [0.1, 0.15) is 11.1 Å². The number of nitrogens with two attached hydrogens (primary N) is 1. The number of rotatable bonds is 9. The SMILES string of the molecule is COc1ccc(S(=O)(=O)N(CCN)c2ccc(Cl)cc2Cc2cc(F)ccc2F)cc1OC. The Kier molecular flexibility index (Phi) is 7.78.